The Morgan fingerprint density at radius 1 is 1.18 bits per heavy atom. The van der Waals surface area contributed by atoms with Crippen LogP contribution in [0.4, 0.5) is 11.4 Å². The molecule has 0 atom stereocenters. The van der Waals surface area contributed by atoms with Crippen molar-refractivity contribution in [3.8, 4) is 0 Å². The van der Waals surface area contributed by atoms with Crippen molar-refractivity contribution in [2.45, 2.75) is 13.8 Å². The highest BCUT2D eigenvalue weighted by Crippen LogP contribution is 2.26. The van der Waals surface area contributed by atoms with Crippen LogP contribution in [0.5, 0.6) is 0 Å². The van der Waals surface area contributed by atoms with Gasteiger partial charge in [0.15, 0.2) is 0 Å². The third kappa shape index (κ3) is 5.13. The van der Waals surface area contributed by atoms with Crippen LogP contribution in [0.25, 0.3) is 0 Å². The minimum absolute atomic E-state index is 0.159. The number of hydrogen-bond donors (Lipinski definition) is 1. The number of aryl methyl sites for hydroxylation is 2. The van der Waals surface area contributed by atoms with E-state index in [1.165, 1.54) is 18.2 Å². The molecule has 9 nitrogen and oxygen atoms in total. The summed E-state index contributed by atoms with van der Waals surface area (Å²) in [5.74, 6) is -0.678. The van der Waals surface area contributed by atoms with E-state index in [0.29, 0.717) is 16.8 Å². The maximum absolute atomic E-state index is 12.2. The fraction of sp³-hybridized carbons (Fsp3) is 0.222. The number of para-hydroxylation sites is 2. The molecule has 0 aliphatic rings. The van der Waals surface area contributed by atoms with E-state index in [1.807, 2.05) is 0 Å². The molecule has 0 spiro atoms. The quantitative estimate of drug-likeness (QED) is 0.430. The molecule has 0 saturated carbocycles. The van der Waals surface area contributed by atoms with E-state index in [0.717, 1.165) is 16.8 Å². The van der Waals surface area contributed by atoms with Crippen molar-refractivity contribution >= 4 is 33.5 Å². The molecule has 1 amide bonds. The van der Waals surface area contributed by atoms with E-state index in [-0.39, 0.29) is 11.3 Å². The summed E-state index contributed by atoms with van der Waals surface area (Å²) < 4.78 is 25.4. The number of anilines is 1. The molecule has 148 valence electrons. The maximum Gasteiger partial charge on any atom is 0.278 e. The van der Waals surface area contributed by atoms with Crippen molar-refractivity contribution in [2.24, 2.45) is 5.10 Å². The number of rotatable bonds is 7. The number of nitrogens with zero attached hydrogens (tertiary/aromatic N) is 3. The second kappa shape index (κ2) is 8.61. The standard InChI is InChI=1S/C18H20N4O5S/c1-13-7-6-8-14(2)18(13)21(28(3,26)27)12-17(23)20-19-11-15-9-4-5-10-16(15)22(24)25/h4-11H,12H2,1-3H3,(H,20,23)/b19-11-. The van der Waals surface area contributed by atoms with Crippen LogP contribution in [0.2, 0.25) is 0 Å². The molecule has 2 rings (SSSR count). The molecule has 0 radical (unpaired) electrons. The zero-order chi connectivity index (χ0) is 20.9. The number of sulfonamides is 1. The smallest absolute Gasteiger partial charge is 0.271 e. The molecule has 10 heteroatoms. The van der Waals surface area contributed by atoms with Crippen LogP contribution in [-0.2, 0) is 14.8 Å². The van der Waals surface area contributed by atoms with Crippen LogP contribution in [0.1, 0.15) is 16.7 Å². The number of hydrazone groups is 1. The first-order valence-corrected chi connectivity index (χ1v) is 10.1. The second-order valence-corrected chi connectivity index (χ2v) is 8.03. The Bertz CT molecular complexity index is 1010. The number of carbonyl (C=O) groups excluding carboxylic acids is 1. The average Bonchev–Trinajstić information content (AvgIpc) is 2.60. The molecule has 28 heavy (non-hydrogen) atoms. The average molecular weight is 404 g/mol. The third-order valence-electron chi connectivity index (χ3n) is 3.90. The van der Waals surface area contributed by atoms with Crippen LogP contribution < -0.4 is 9.73 Å². The number of nitrogens with one attached hydrogen (secondary N) is 1. The van der Waals surface area contributed by atoms with Crippen molar-refractivity contribution in [1.29, 1.82) is 0 Å². The van der Waals surface area contributed by atoms with Gasteiger partial charge in [0, 0.05) is 6.07 Å². The second-order valence-electron chi connectivity index (χ2n) is 6.12. The van der Waals surface area contributed by atoms with Gasteiger partial charge in [-0.1, -0.05) is 30.3 Å². The van der Waals surface area contributed by atoms with Gasteiger partial charge < -0.3 is 0 Å². The lowest BCUT2D eigenvalue weighted by atomic mass is 10.1. The van der Waals surface area contributed by atoms with Gasteiger partial charge in [-0.2, -0.15) is 5.10 Å². The number of nitro groups is 1. The molecular weight excluding hydrogens is 384 g/mol. The van der Waals surface area contributed by atoms with Crippen LogP contribution in [-0.4, -0.2) is 38.3 Å². The van der Waals surface area contributed by atoms with Gasteiger partial charge >= 0.3 is 0 Å². The van der Waals surface area contributed by atoms with Gasteiger partial charge in [-0.05, 0) is 31.0 Å². The molecule has 0 fully saturated rings. The minimum Gasteiger partial charge on any atom is -0.271 e. The number of carbonyl (C=O) groups is 1. The van der Waals surface area contributed by atoms with Gasteiger partial charge in [-0.15, -0.1) is 0 Å². The normalized spacial score (nSPS) is 11.4. The Hall–Kier alpha value is -3.27. The summed E-state index contributed by atoms with van der Waals surface area (Å²) in [5.41, 5.74) is 4.12. The van der Waals surface area contributed by atoms with Gasteiger partial charge in [-0.3, -0.25) is 19.2 Å². The first-order chi connectivity index (χ1) is 13.1. The minimum atomic E-state index is -3.72. The van der Waals surface area contributed by atoms with E-state index in [4.69, 9.17) is 0 Å². The van der Waals surface area contributed by atoms with Crippen LogP contribution in [0, 0.1) is 24.0 Å². The zero-order valence-electron chi connectivity index (χ0n) is 15.6. The fourth-order valence-electron chi connectivity index (χ4n) is 2.66. The first kappa shape index (κ1) is 21.0. The van der Waals surface area contributed by atoms with Gasteiger partial charge in [0.05, 0.1) is 28.6 Å². The van der Waals surface area contributed by atoms with Gasteiger partial charge in [0.1, 0.15) is 6.54 Å². The molecule has 0 bridgehead atoms. The van der Waals surface area contributed by atoms with Crippen molar-refractivity contribution in [2.75, 3.05) is 17.1 Å². The van der Waals surface area contributed by atoms with Crippen molar-refractivity contribution < 1.29 is 18.1 Å². The van der Waals surface area contributed by atoms with Crippen LogP contribution >= 0.6 is 0 Å². The van der Waals surface area contributed by atoms with Crippen LogP contribution in [0.15, 0.2) is 47.6 Å². The molecule has 0 aliphatic heterocycles. The maximum atomic E-state index is 12.2. The molecule has 0 aliphatic carbocycles. The lowest BCUT2D eigenvalue weighted by molar-refractivity contribution is -0.385. The molecular formula is C18H20N4O5S. The summed E-state index contributed by atoms with van der Waals surface area (Å²) in [5, 5.41) is 14.7. The number of nitro benzene ring substituents is 1. The summed E-state index contributed by atoms with van der Waals surface area (Å²) in [6, 6.07) is 11.2. The van der Waals surface area contributed by atoms with E-state index < -0.39 is 27.4 Å². The lowest BCUT2D eigenvalue weighted by Gasteiger charge is -2.25. The van der Waals surface area contributed by atoms with E-state index in [2.05, 4.69) is 10.5 Å². The summed E-state index contributed by atoms with van der Waals surface area (Å²) in [7, 11) is -3.72. The SMILES string of the molecule is Cc1cccc(C)c1N(CC(=O)N/N=C\c1ccccc1[N+](=O)[O-])S(C)(=O)=O. The molecule has 0 saturated heterocycles. The number of hydrogen-bond acceptors (Lipinski definition) is 6. The Balaban J connectivity index is 2.19. The first-order valence-electron chi connectivity index (χ1n) is 8.20. The predicted octanol–water partition coefficient (Wildman–Crippen LogP) is 2.13. The molecule has 2 aromatic rings. The van der Waals surface area contributed by atoms with Gasteiger partial charge in [0.2, 0.25) is 10.0 Å². The van der Waals surface area contributed by atoms with Gasteiger partial charge in [-0.25, -0.2) is 13.8 Å². The Kier molecular flexibility index (Phi) is 6.47. The summed E-state index contributed by atoms with van der Waals surface area (Å²) in [6.07, 6.45) is 2.16. The van der Waals surface area contributed by atoms with E-state index >= 15 is 0 Å². The summed E-state index contributed by atoms with van der Waals surface area (Å²) in [6.45, 7) is 3.04. The zero-order valence-corrected chi connectivity index (χ0v) is 16.4. The molecule has 2 aromatic carbocycles. The monoisotopic (exact) mass is 404 g/mol. The topological polar surface area (TPSA) is 122 Å². The Morgan fingerprint density at radius 2 is 1.79 bits per heavy atom. The molecule has 1 N–H and O–H groups in total. The third-order valence-corrected chi connectivity index (χ3v) is 5.02. The predicted molar refractivity (Wildman–Crippen MR) is 107 cm³/mol. The Labute approximate surface area is 162 Å². The van der Waals surface area contributed by atoms with Crippen molar-refractivity contribution in [3.05, 3.63) is 69.3 Å². The van der Waals surface area contributed by atoms with Gasteiger partial charge in [0.25, 0.3) is 11.6 Å². The van der Waals surface area contributed by atoms with E-state index in [1.54, 1.807) is 38.1 Å². The highest BCUT2D eigenvalue weighted by Gasteiger charge is 2.23. The largest absolute Gasteiger partial charge is 0.278 e. The molecule has 0 heterocycles. The summed E-state index contributed by atoms with van der Waals surface area (Å²) >= 11 is 0. The fourth-order valence-corrected chi connectivity index (χ4v) is 3.64. The highest BCUT2D eigenvalue weighted by molar-refractivity contribution is 7.92. The summed E-state index contributed by atoms with van der Waals surface area (Å²) in [4.78, 5) is 22.7. The van der Waals surface area contributed by atoms with Crippen molar-refractivity contribution in [1.82, 2.24) is 5.43 Å². The highest BCUT2D eigenvalue weighted by atomic mass is 32.2. The molecule has 0 unspecified atom stereocenters. The lowest BCUT2D eigenvalue weighted by Crippen LogP contribution is -2.39. The van der Waals surface area contributed by atoms with E-state index in [9.17, 15) is 23.3 Å². The van der Waals surface area contributed by atoms with Crippen molar-refractivity contribution in [3.63, 3.8) is 0 Å². The number of benzene rings is 2. The van der Waals surface area contributed by atoms with Crippen LogP contribution in [0.3, 0.4) is 0 Å². The molecule has 0 aromatic heterocycles. The Morgan fingerprint density at radius 3 is 2.36 bits per heavy atom. The number of amides is 1.